The fourth-order valence-electron chi connectivity index (χ4n) is 5.70. The van der Waals surface area contributed by atoms with Crippen molar-refractivity contribution < 1.29 is 23.1 Å². The van der Waals surface area contributed by atoms with Gasteiger partial charge in [-0.3, -0.25) is 4.79 Å². The normalized spacial score (nSPS) is 17.0. The third-order valence-corrected chi connectivity index (χ3v) is 9.39. The number of anilines is 1. The lowest BCUT2D eigenvalue weighted by Gasteiger charge is -2.40. The van der Waals surface area contributed by atoms with E-state index in [9.17, 15) is 18.3 Å². The zero-order chi connectivity index (χ0) is 30.1. The molecule has 1 aliphatic carbocycles. The van der Waals surface area contributed by atoms with E-state index in [-0.39, 0.29) is 40.1 Å². The second-order valence-corrected chi connectivity index (χ2v) is 13.6. The summed E-state index contributed by atoms with van der Waals surface area (Å²) in [6.07, 6.45) is 2.78. The van der Waals surface area contributed by atoms with Crippen LogP contribution in [0.1, 0.15) is 70.1 Å². The van der Waals surface area contributed by atoms with Gasteiger partial charge in [0.05, 0.1) is 11.1 Å². The lowest BCUT2D eigenvalue weighted by molar-refractivity contribution is -0.121. The van der Waals surface area contributed by atoms with Crippen LogP contribution in [0.15, 0.2) is 87.7 Å². The van der Waals surface area contributed by atoms with Gasteiger partial charge in [-0.2, -0.15) is 8.42 Å². The van der Waals surface area contributed by atoms with Crippen molar-refractivity contribution in [2.75, 3.05) is 5.32 Å². The Kier molecular flexibility index (Phi) is 8.28. The van der Waals surface area contributed by atoms with Gasteiger partial charge in [-0.15, -0.1) is 4.40 Å². The average molecular weight is 587 g/mol. The number of benzene rings is 3. The van der Waals surface area contributed by atoms with E-state index in [1.165, 1.54) is 6.07 Å². The summed E-state index contributed by atoms with van der Waals surface area (Å²) in [6.45, 7) is 8.77. The Balaban J connectivity index is 1.55. The maximum atomic E-state index is 14.6. The largest absolute Gasteiger partial charge is 0.506 e. The topological polar surface area (TPSA) is 105 Å². The van der Waals surface area contributed by atoms with Crippen molar-refractivity contribution in [3.05, 3.63) is 95.1 Å². The molecule has 0 bridgehead atoms. The highest BCUT2D eigenvalue weighted by atomic mass is 32.2. The third-order valence-electron chi connectivity index (χ3n) is 8.07. The van der Waals surface area contributed by atoms with E-state index in [0.717, 1.165) is 24.0 Å². The third kappa shape index (κ3) is 5.73. The van der Waals surface area contributed by atoms with Crippen molar-refractivity contribution >= 4 is 33.1 Å². The molecule has 0 saturated heterocycles. The van der Waals surface area contributed by atoms with Gasteiger partial charge in [0.15, 0.2) is 11.6 Å². The van der Waals surface area contributed by atoms with Crippen molar-refractivity contribution in [3.8, 4) is 5.75 Å². The molecule has 8 heteroatoms. The summed E-state index contributed by atoms with van der Waals surface area (Å²) in [5.74, 6) is 0.392. The molecule has 0 fully saturated rings. The highest BCUT2D eigenvalue weighted by Crippen LogP contribution is 2.47. The van der Waals surface area contributed by atoms with E-state index in [1.807, 2.05) is 48.5 Å². The van der Waals surface area contributed by atoms with Crippen molar-refractivity contribution in [1.29, 1.82) is 0 Å². The quantitative estimate of drug-likeness (QED) is 0.256. The number of hydrogen-bond donors (Lipinski definition) is 2. The Hall–Kier alpha value is -3.91. The van der Waals surface area contributed by atoms with E-state index < -0.39 is 15.4 Å². The van der Waals surface area contributed by atoms with Crippen LogP contribution in [-0.2, 0) is 26.8 Å². The van der Waals surface area contributed by atoms with Gasteiger partial charge in [0.25, 0.3) is 10.0 Å². The molecule has 0 amide bonds. The first kappa shape index (κ1) is 29.6. The predicted molar refractivity (Wildman–Crippen MR) is 166 cm³/mol. The Bertz CT molecular complexity index is 1640. The fourth-order valence-corrected chi connectivity index (χ4v) is 6.84. The molecule has 2 N–H and O–H groups in total. The number of hydrogen-bond acceptors (Lipinski definition) is 6. The van der Waals surface area contributed by atoms with Crippen LogP contribution in [0.3, 0.4) is 0 Å². The first-order valence-corrected chi connectivity index (χ1v) is 16.0. The van der Waals surface area contributed by atoms with Gasteiger partial charge in [-0.05, 0) is 60.8 Å². The Morgan fingerprint density at radius 3 is 2.21 bits per heavy atom. The minimum atomic E-state index is -4.21. The van der Waals surface area contributed by atoms with Crippen molar-refractivity contribution in [2.24, 2.45) is 16.2 Å². The summed E-state index contributed by atoms with van der Waals surface area (Å²) in [5.41, 5.74) is 1.56. The molecule has 0 radical (unpaired) electrons. The molecular formula is C34H38N2O5S. The number of Topliss-reactive ketones (excluding diaryl/α,β-unsaturated/α-hetero) is 1. The van der Waals surface area contributed by atoms with Crippen molar-refractivity contribution in [1.82, 2.24) is 0 Å². The highest BCUT2D eigenvalue weighted by molar-refractivity contribution is 7.90. The summed E-state index contributed by atoms with van der Waals surface area (Å²) in [5, 5.41) is 14.6. The highest BCUT2D eigenvalue weighted by Gasteiger charge is 2.49. The lowest BCUT2D eigenvalue weighted by Crippen LogP contribution is -2.44. The summed E-state index contributed by atoms with van der Waals surface area (Å²) in [6, 6.07) is 21.7. The van der Waals surface area contributed by atoms with Gasteiger partial charge < -0.3 is 15.2 Å². The van der Waals surface area contributed by atoms with Crippen LogP contribution in [0.25, 0.3) is 5.76 Å². The predicted octanol–water partition coefficient (Wildman–Crippen LogP) is 7.44. The van der Waals surface area contributed by atoms with Crippen LogP contribution in [0.2, 0.25) is 0 Å². The van der Waals surface area contributed by atoms with Gasteiger partial charge in [-0.1, -0.05) is 82.3 Å². The maximum Gasteiger partial charge on any atom is 0.286 e. The molecule has 42 heavy (non-hydrogen) atoms. The molecule has 0 atom stereocenters. The molecule has 0 saturated carbocycles. The maximum absolute atomic E-state index is 14.6. The van der Waals surface area contributed by atoms with Crippen LogP contribution < -0.4 is 10.1 Å². The van der Waals surface area contributed by atoms with Crippen LogP contribution in [0, 0.1) is 11.8 Å². The molecule has 2 aliphatic rings. The number of fused-ring (bicyclic) bond motifs is 2. The van der Waals surface area contributed by atoms with Gasteiger partial charge in [0.1, 0.15) is 28.6 Å². The summed E-state index contributed by atoms with van der Waals surface area (Å²) < 4.78 is 36.9. The minimum absolute atomic E-state index is 0.0496. The van der Waals surface area contributed by atoms with E-state index in [0.29, 0.717) is 36.0 Å². The summed E-state index contributed by atoms with van der Waals surface area (Å²) in [7, 11) is -4.21. The van der Waals surface area contributed by atoms with Gasteiger partial charge in [-0.25, -0.2) is 0 Å². The number of aliphatic hydroxyl groups excluding tert-OH is 1. The SMILES string of the molecule is CC(C)CCC1(CCC(C)C)C(=O)C(C2=NS(=O)(=O)c3cc(OCc4ccccc4)ccc3N2)=C(O)c2ccccc21. The number of aliphatic hydroxyl groups is 1. The number of carbonyl (C=O) groups is 1. The van der Waals surface area contributed by atoms with E-state index >= 15 is 0 Å². The standard InChI is InChI=1S/C34H38N2O5S/c1-22(2)16-18-34(19-17-23(3)4)27-13-9-8-12-26(27)31(37)30(32(34)38)33-35-28-15-14-25(20-29(28)42(39,40)36-33)41-21-24-10-6-5-7-11-24/h5-15,20,22-23,37H,16-19,21H2,1-4H3,(H,35,36). The molecule has 0 aromatic heterocycles. The van der Waals surface area contributed by atoms with Crippen LogP contribution >= 0.6 is 0 Å². The molecular weight excluding hydrogens is 548 g/mol. The Labute approximate surface area is 248 Å². The van der Waals surface area contributed by atoms with Crippen molar-refractivity contribution in [3.63, 3.8) is 0 Å². The summed E-state index contributed by atoms with van der Waals surface area (Å²) >= 11 is 0. The molecule has 3 aromatic rings. The Morgan fingerprint density at radius 2 is 1.55 bits per heavy atom. The zero-order valence-corrected chi connectivity index (χ0v) is 25.4. The molecule has 0 spiro atoms. The monoisotopic (exact) mass is 586 g/mol. The number of ether oxygens (including phenoxy) is 1. The molecule has 3 aromatic carbocycles. The smallest absolute Gasteiger partial charge is 0.286 e. The van der Waals surface area contributed by atoms with Crippen LogP contribution in [-0.4, -0.2) is 25.1 Å². The van der Waals surface area contributed by atoms with Gasteiger partial charge in [0, 0.05) is 11.6 Å². The van der Waals surface area contributed by atoms with Crippen molar-refractivity contribution in [2.45, 2.75) is 70.3 Å². The molecule has 1 heterocycles. The Morgan fingerprint density at radius 1 is 0.905 bits per heavy atom. The first-order chi connectivity index (χ1) is 20.0. The average Bonchev–Trinajstić information content (AvgIpc) is 2.96. The molecule has 220 valence electrons. The number of nitrogens with zero attached hydrogens (tertiary/aromatic N) is 1. The number of nitrogens with one attached hydrogen (secondary N) is 1. The minimum Gasteiger partial charge on any atom is -0.506 e. The summed E-state index contributed by atoms with van der Waals surface area (Å²) in [4.78, 5) is 14.5. The van der Waals surface area contributed by atoms with Crippen LogP contribution in [0.4, 0.5) is 5.69 Å². The fraction of sp³-hybridized carbons (Fsp3) is 0.353. The van der Waals surface area contributed by atoms with E-state index in [4.69, 9.17) is 4.74 Å². The van der Waals surface area contributed by atoms with Crippen LogP contribution in [0.5, 0.6) is 5.75 Å². The number of sulfonamides is 1. The second-order valence-electron chi connectivity index (χ2n) is 12.0. The number of ketones is 1. The zero-order valence-electron chi connectivity index (χ0n) is 24.6. The molecule has 5 rings (SSSR count). The number of amidine groups is 1. The lowest BCUT2D eigenvalue weighted by atomic mass is 9.62. The van der Waals surface area contributed by atoms with Gasteiger partial charge >= 0.3 is 0 Å². The first-order valence-electron chi connectivity index (χ1n) is 14.5. The number of rotatable bonds is 10. The van der Waals surface area contributed by atoms with E-state index in [1.54, 1.807) is 18.2 Å². The number of carbonyl (C=O) groups excluding carboxylic acids is 1. The van der Waals surface area contributed by atoms with Gasteiger partial charge in [0.2, 0.25) is 0 Å². The molecule has 1 aliphatic heterocycles. The second kappa shape index (κ2) is 11.8. The molecule has 0 unspecified atom stereocenters. The van der Waals surface area contributed by atoms with E-state index in [2.05, 4.69) is 37.4 Å². The molecule has 7 nitrogen and oxygen atoms in total.